The van der Waals surface area contributed by atoms with E-state index in [0.717, 1.165) is 68.3 Å². The van der Waals surface area contributed by atoms with Crippen LogP contribution in [0.3, 0.4) is 0 Å². The lowest BCUT2D eigenvalue weighted by Crippen LogP contribution is -2.30. The molecule has 5 aromatic rings. The quantitative estimate of drug-likeness (QED) is 0.0144. The maximum Gasteiger partial charge on any atom is 0.340 e. The Morgan fingerprint density at radius 1 is 0.605 bits per heavy atom. The van der Waals surface area contributed by atoms with Crippen LogP contribution in [-0.4, -0.2) is 93.2 Å². The Hall–Kier alpha value is -6.63. The minimum Gasteiger partial charge on any atom is -0.494 e. The van der Waals surface area contributed by atoms with Gasteiger partial charge in [0, 0.05) is 19.8 Å². The molecule has 18 heteroatoms. The van der Waals surface area contributed by atoms with Gasteiger partial charge in [0.1, 0.15) is 52.3 Å². The molecule has 2 heterocycles. The molecule has 0 saturated heterocycles. The van der Waals surface area contributed by atoms with Crippen LogP contribution in [0.5, 0.6) is 23.0 Å². The molecule has 2 aliphatic rings. The number of carbonyl (C=O) groups excluding carboxylic acids is 6. The molecule has 0 N–H and O–H groups in total. The number of thiophene rings is 1. The molecular weight excluding hydrogens is 1010 g/mol. The van der Waals surface area contributed by atoms with Crippen LogP contribution in [0.1, 0.15) is 130 Å². The number of nitrogens with zero attached hydrogens (tertiary/aromatic N) is 1. The van der Waals surface area contributed by atoms with Gasteiger partial charge in [-0.3, -0.25) is 14.4 Å². The lowest BCUT2D eigenvalue weighted by Gasteiger charge is -2.27. The number of esters is 6. The zero-order valence-corrected chi connectivity index (χ0v) is 44.7. The number of unbranched alkanes of at least 4 members (excludes halogenated alkanes) is 6. The van der Waals surface area contributed by atoms with Gasteiger partial charge in [-0.25, -0.2) is 19.4 Å². The zero-order chi connectivity index (χ0) is 53.5. The van der Waals surface area contributed by atoms with Gasteiger partial charge in [0.25, 0.3) is 0 Å². The van der Waals surface area contributed by atoms with Gasteiger partial charge >= 0.3 is 35.8 Å². The number of ether oxygens (including phenoxy) is 9. The molecule has 0 radical (unpaired) electrons. The average molecular weight is 1080 g/mol. The predicted octanol–water partition coefficient (Wildman–Crippen LogP) is 11.9. The van der Waals surface area contributed by atoms with E-state index < -0.39 is 41.9 Å². The highest BCUT2D eigenvalue weighted by molar-refractivity contribution is 7.25. The smallest absolute Gasteiger partial charge is 0.340 e. The molecule has 3 aromatic carbocycles. The van der Waals surface area contributed by atoms with E-state index in [4.69, 9.17) is 47.6 Å². The van der Waals surface area contributed by atoms with Gasteiger partial charge in [-0.05, 0) is 168 Å². The highest BCUT2D eigenvalue weighted by Crippen LogP contribution is 2.41. The lowest BCUT2D eigenvalue weighted by atomic mass is 9.87. The van der Waals surface area contributed by atoms with Gasteiger partial charge < -0.3 is 42.6 Å². The third-order valence-corrected chi connectivity index (χ3v) is 15.3. The topological polar surface area (TPSA) is 198 Å². The number of carbonyl (C=O) groups is 6. The molecule has 0 atom stereocenters. The monoisotopic (exact) mass is 1080 g/mol. The van der Waals surface area contributed by atoms with E-state index in [9.17, 15) is 28.8 Å². The van der Waals surface area contributed by atoms with Crippen LogP contribution in [-0.2, 0) is 42.9 Å². The molecule has 2 aromatic heterocycles. The second-order valence-corrected chi connectivity index (χ2v) is 20.7. The summed E-state index contributed by atoms with van der Waals surface area (Å²) in [7, 11) is 1.71. The van der Waals surface area contributed by atoms with Crippen LogP contribution in [0.4, 0.5) is 0 Å². The summed E-state index contributed by atoms with van der Waals surface area (Å²) in [6.45, 7) is 5.45. The van der Waals surface area contributed by atoms with Crippen molar-refractivity contribution in [3.8, 4) is 32.9 Å². The number of hydrogen-bond donors (Lipinski definition) is 0. The molecule has 2 saturated carbocycles. The van der Waals surface area contributed by atoms with Gasteiger partial charge in [0.15, 0.2) is 0 Å². The molecule has 0 aliphatic heterocycles. The summed E-state index contributed by atoms with van der Waals surface area (Å²) in [4.78, 5) is 82.2. The Kier molecular flexibility index (Phi) is 22.7. The Morgan fingerprint density at radius 3 is 1.76 bits per heavy atom. The summed E-state index contributed by atoms with van der Waals surface area (Å²) < 4.78 is 50.9. The molecule has 0 unspecified atom stereocenters. The summed E-state index contributed by atoms with van der Waals surface area (Å²) in [6.07, 6.45) is 11.7. The normalized spacial score (nSPS) is 17.2. The highest BCUT2D eigenvalue weighted by Gasteiger charge is 2.33. The number of thiazole rings is 1. The first-order valence-corrected chi connectivity index (χ1v) is 28.0. The second kappa shape index (κ2) is 30.2. The van der Waals surface area contributed by atoms with E-state index in [1.54, 1.807) is 67.8 Å². The zero-order valence-electron chi connectivity index (χ0n) is 43.0. The van der Waals surface area contributed by atoms with Gasteiger partial charge in [0.2, 0.25) is 0 Å². The lowest BCUT2D eigenvalue weighted by molar-refractivity contribution is -0.147. The van der Waals surface area contributed by atoms with Gasteiger partial charge in [-0.2, -0.15) is 0 Å². The number of aromatic nitrogens is 1. The first-order chi connectivity index (χ1) is 37.1. The molecule has 0 spiro atoms. The number of fused-ring (bicyclic) bond motifs is 1. The fourth-order valence-corrected chi connectivity index (χ4v) is 10.7. The summed E-state index contributed by atoms with van der Waals surface area (Å²) in [5, 5.41) is 2.63. The number of rotatable bonds is 29. The summed E-state index contributed by atoms with van der Waals surface area (Å²) in [5.74, 6) is -1.31. The SMILES string of the molecule is C=CC(=O)OCCC(=O)OCCCCCCOc1ccc(C(=O)OC2CCC(C(=O)Oc3ccc(C(=O)OC4CCC(C(=O)Oc5ccc(OCCCCCCOC)cc5)CC4)c4nc(-c5cccs5)sc34)CC2)cc1. The van der Waals surface area contributed by atoms with Crippen molar-refractivity contribution < 1.29 is 71.4 Å². The maximum absolute atomic E-state index is 13.8. The third-order valence-electron chi connectivity index (χ3n) is 13.2. The minimum absolute atomic E-state index is 0.00211. The molecule has 7 rings (SSSR count). The largest absolute Gasteiger partial charge is 0.494 e. The van der Waals surface area contributed by atoms with Crippen LogP contribution in [0.25, 0.3) is 20.1 Å². The number of methoxy groups -OCH3 is 1. The molecule has 76 heavy (non-hydrogen) atoms. The van der Waals surface area contributed by atoms with Crippen molar-refractivity contribution in [2.75, 3.05) is 40.1 Å². The van der Waals surface area contributed by atoms with Crippen LogP contribution >= 0.6 is 22.7 Å². The van der Waals surface area contributed by atoms with Crippen molar-refractivity contribution in [2.24, 2.45) is 11.8 Å². The highest BCUT2D eigenvalue weighted by atomic mass is 32.1. The summed E-state index contributed by atoms with van der Waals surface area (Å²) in [5.41, 5.74) is 1.05. The molecule has 0 amide bonds. The van der Waals surface area contributed by atoms with Gasteiger partial charge in [-0.1, -0.05) is 19.1 Å². The van der Waals surface area contributed by atoms with Crippen molar-refractivity contribution in [1.29, 1.82) is 0 Å². The van der Waals surface area contributed by atoms with Crippen molar-refractivity contribution in [2.45, 2.75) is 121 Å². The first kappa shape index (κ1) is 57.1. The standard InChI is InChI=1S/C58H67NO15S2/c1-3-50(60)70-37-32-51(61)69-36-11-7-6-10-34-67-42-20-14-39(15-21-42)55(62)71-44-22-18-41(19-23-44)57(64)74-48-31-30-47(52-53(48)76-54(59-52)49-13-12-38-75-49)58(65)73-45-24-16-40(17-25-45)56(63)72-46-28-26-43(27-29-46)68-35-9-5-4-8-33-66-2/h3,12-15,20-21,26-31,38,40-41,44-45H,1,4-11,16-19,22-25,32-37H2,2H3. The maximum atomic E-state index is 13.8. The molecule has 2 aliphatic carbocycles. The fraction of sp³-hybridized carbons (Fsp3) is 0.466. The van der Waals surface area contributed by atoms with Crippen LogP contribution in [0.2, 0.25) is 0 Å². The first-order valence-electron chi connectivity index (χ1n) is 26.3. The van der Waals surface area contributed by atoms with E-state index >= 15 is 0 Å². The average Bonchev–Trinajstić information content (AvgIpc) is 4.17. The van der Waals surface area contributed by atoms with E-state index in [0.29, 0.717) is 116 Å². The van der Waals surface area contributed by atoms with E-state index in [2.05, 4.69) is 6.58 Å². The van der Waals surface area contributed by atoms with Crippen molar-refractivity contribution in [3.05, 3.63) is 102 Å². The predicted molar refractivity (Wildman–Crippen MR) is 286 cm³/mol. The van der Waals surface area contributed by atoms with Crippen molar-refractivity contribution >= 4 is 68.7 Å². The minimum atomic E-state index is -0.577. The Morgan fingerprint density at radius 2 is 1.17 bits per heavy atom. The van der Waals surface area contributed by atoms with Crippen molar-refractivity contribution in [3.63, 3.8) is 0 Å². The molecule has 16 nitrogen and oxygen atoms in total. The van der Waals surface area contributed by atoms with Crippen molar-refractivity contribution in [1.82, 2.24) is 4.98 Å². The Labute approximate surface area is 451 Å². The summed E-state index contributed by atoms with van der Waals surface area (Å²) >= 11 is 2.86. The Balaban J connectivity index is 0.818. The molecule has 406 valence electrons. The number of benzene rings is 3. The third kappa shape index (κ3) is 17.7. The van der Waals surface area contributed by atoms with E-state index in [-0.39, 0.29) is 36.6 Å². The molecule has 2 fully saturated rings. The van der Waals surface area contributed by atoms with Crippen LogP contribution in [0, 0.1) is 11.8 Å². The summed E-state index contributed by atoms with van der Waals surface area (Å²) in [6, 6.07) is 21.0. The fourth-order valence-electron chi connectivity index (χ4n) is 8.88. The van der Waals surface area contributed by atoms with Gasteiger partial charge in [0.05, 0.1) is 58.8 Å². The van der Waals surface area contributed by atoms with Crippen LogP contribution in [0.15, 0.2) is 90.8 Å². The van der Waals surface area contributed by atoms with Gasteiger partial charge in [-0.15, -0.1) is 22.7 Å². The molecule has 0 bridgehead atoms. The number of hydrogen-bond acceptors (Lipinski definition) is 18. The molecular formula is C58H67NO15S2. The van der Waals surface area contributed by atoms with Crippen LogP contribution < -0.4 is 18.9 Å². The second-order valence-electron chi connectivity index (χ2n) is 18.7. The van der Waals surface area contributed by atoms with E-state index in [1.807, 2.05) is 17.5 Å². The Bertz CT molecular complexity index is 2670. The van der Waals surface area contributed by atoms with E-state index in [1.165, 1.54) is 22.7 Å².